The molecule has 0 saturated heterocycles. The first kappa shape index (κ1) is 21.4. The monoisotopic (exact) mass is 401 g/mol. The van der Waals surface area contributed by atoms with Gasteiger partial charge in [-0.3, -0.25) is 10.1 Å². The van der Waals surface area contributed by atoms with Crippen molar-refractivity contribution >= 4 is 29.7 Å². The fraction of sp³-hybridized carbons (Fsp3) is 0.300. The van der Waals surface area contributed by atoms with Gasteiger partial charge in [0.1, 0.15) is 5.03 Å². The molecule has 1 aromatic heterocycles. The summed E-state index contributed by atoms with van der Waals surface area (Å²) in [7, 11) is 0. The lowest BCUT2D eigenvalue weighted by Crippen LogP contribution is -2.42. The van der Waals surface area contributed by atoms with Gasteiger partial charge in [0.2, 0.25) is 0 Å². The van der Waals surface area contributed by atoms with E-state index in [2.05, 4.69) is 15.6 Å². The van der Waals surface area contributed by atoms with Crippen molar-refractivity contribution in [2.24, 2.45) is 5.92 Å². The Morgan fingerprint density at radius 3 is 2.54 bits per heavy atom. The van der Waals surface area contributed by atoms with Crippen molar-refractivity contribution in [3.8, 4) is 0 Å². The number of ether oxygens (including phenoxy) is 1. The second kappa shape index (κ2) is 10.5. The molecule has 2 N–H and O–H groups in total. The number of carbonyl (C=O) groups excluding carboxylic acids is 3. The Balaban J connectivity index is 1.92. The molecule has 0 bridgehead atoms. The summed E-state index contributed by atoms with van der Waals surface area (Å²) in [6.45, 7) is 5.74. The Hall–Kier alpha value is -2.87. The minimum absolute atomic E-state index is 0.255. The number of carbonyl (C=O) groups is 3. The molecule has 0 aliphatic rings. The number of benzene rings is 1. The SMILES string of the molecule is Cc1ccc(Sc2ncccc2C(=O)OCC(=O)NC(=O)NCC(C)C)cc1. The quantitative estimate of drug-likeness (QED) is 0.692. The highest BCUT2D eigenvalue weighted by atomic mass is 32.2. The lowest BCUT2D eigenvalue weighted by Gasteiger charge is -2.10. The summed E-state index contributed by atoms with van der Waals surface area (Å²) in [5.74, 6) is -1.12. The molecule has 0 unspecified atom stereocenters. The van der Waals surface area contributed by atoms with Crippen LogP contribution in [0.1, 0.15) is 29.8 Å². The number of aryl methyl sites for hydroxylation is 1. The van der Waals surface area contributed by atoms with E-state index in [-0.39, 0.29) is 11.5 Å². The molecule has 0 saturated carbocycles. The van der Waals surface area contributed by atoms with Gasteiger partial charge in [-0.1, -0.05) is 43.3 Å². The number of nitrogens with zero attached hydrogens (tertiary/aromatic N) is 1. The van der Waals surface area contributed by atoms with Crippen molar-refractivity contribution in [1.82, 2.24) is 15.6 Å². The average molecular weight is 401 g/mol. The van der Waals surface area contributed by atoms with Crippen molar-refractivity contribution < 1.29 is 19.1 Å². The van der Waals surface area contributed by atoms with E-state index in [1.165, 1.54) is 11.8 Å². The second-order valence-corrected chi connectivity index (χ2v) is 7.56. The van der Waals surface area contributed by atoms with Crippen LogP contribution in [0.4, 0.5) is 4.79 Å². The van der Waals surface area contributed by atoms with Gasteiger partial charge in [0, 0.05) is 17.6 Å². The normalized spacial score (nSPS) is 10.4. The van der Waals surface area contributed by atoms with Crippen LogP contribution >= 0.6 is 11.8 Å². The number of esters is 1. The van der Waals surface area contributed by atoms with Crippen molar-refractivity contribution in [3.63, 3.8) is 0 Å². The van der Waals surface area contributed by atoms with Crippen LogP contribution in [0.25, 0.3) is 0 Å². The van der Waals surface area contributed by atoms with Crippen molar-refractivity contribution in [1.29, 1.82) is 0 Å². The molecule has 0 fully saturated rings. The maximum atomic E-state index is 12.4. The van der Waals surface area contributed by atoms with Crippen LogP contribution in [0.15, 0.2) is 52.5 Å². The lowest BCUT2D eigenvalue weighted by atomic mass is 10.2. The molecular formula is C20H23N3O4S. The van der Waals surface area contributed by atoms with Gasteiger partial charge in [0.25, 0.3) is 5.91 Å². The Bertz CT molecular complexity index is 838. The highest BCUT2D eigenvalue weighted by Gasteiger charge is 2.17. The fourth-order valence-corrected chi connectivity index (χ4v) is 2.93. The number of hydrogen-bond donors (Lipinski definition) is 2. The topological polar surface area (TPSA) is 97.4 Å². The van der Waals surface area contributed by atoms with E-state index < -0.39 is 24.5 Å². The molecule has 2 aromatic rings. The fourth-order valence-electron chi connectivity index (χ4n) is 2.06. The molecule has 3 amide bonds. The van der Waals surface area contributed by atoms with Crippen molar-refractivity contribution in [2.75, 3.05) is 13.2 Å². The summed E-state index contributed by atoms with van der Waals surface area (Å²) in [5, 5.41) is 5.14. The third kappa shape index (κ3) is 7.03. The summed E-state index contributed by atoms with van der Waals surface area (Å²) < 4.78 is 5.03. The molecule has 148 valence electrons. The lowest BCUT2D eigenvalue weighted by molar-refractivity contribution is -0.123. The zero-order valence-corrected chi connectivity index (χ0v) is 16.8. The van der Waals surface area contributed by atoms with Crippen LogP contribution in [-0.4, -0.2) is 36.0 Å². The van der Waals surface area contributed by atoms with Crippen LogP contribution in [0, 0.1) is 12.8 Å². The Kier molecular flexibility index (Phi) is 8.01. The molecule has 1 aromatic carbocycles. The summed E-state index contributed by atoms with van der Waals surface area (Å²) in [4.78, 5) is 40.8. The zero-order valence-electron chi connectivity index (χ0n) is 16.0. The minimum atomic E-state index is -0.703. The van der Waals surface area contributed by atoms with Crippen LogP contribution in [0.5, 0.6) is 0 Å². The number of imide groups is 1. The predicted molar refractivity (Wildman–Crippen MR) is 106 cm³/mol. The van der Waals surface area contributed by atoms with Gasteiger partial charge in [0.15, 0.2) is 6.61 Å². The van der Waals surface area contributed by atoms with Gasteiger partial charge in [0.05, 0.1) is 5.56 Å². The molecule has 0 radical (unpaired) electrons. The van der Waals surface area contributed by atoms with E-state index in [0.29, 0.717) is 11.6 Å². The molecular weight excluding hydrogens is 378 g/mol. The summed E-state index contributed by atoms with van der Waals surface area (Å²) in [6, 6.07) is 10.4. The van der Waals surface area contributed by atoms with Gasteiger partial charge in [-0.25, -0.2) is 14.6 Å². The predicted octanol–water partition coefficient (Wildman–Crippen LogP) is 3.18. The molecule has 0 aliphatic carbocycles. The van der Waals surface area contributed by atoms with Gasteiger partial charge < -0.3 is 10.1 Å². The van der Waals surface area contributed by atoms with Crippen LogP contribution in [0.2, 0.25) is 0 Å². The number of pyridine rings is 1. The average Bonchev–Trinajstić information content (AvgIpc) is 2.66. The minimum Gasteiger partial charge on any atom is -0.452 e. The smallest absolute Gasteiger partial charge is 0.341 e. The highest BCUT2D eigenvalue weighted by Crippen LogP contribution is 2.29. The van der Waals surface area contributed by atoms with E-state index in [1.54, 1.807) is 18.3 Å². The number of aromatic nitrogens is 1. The molecule has 7 nitrogen and oxygen atoms in total. The number of nitrogens with one attached hydrogen (secondary N) is 2. The van der Waals surface area contributed by atoms with Gasteiger partial charge in [-0.15, -0.1) is 0 Å². The van der Waals surface area contributed by atoms with E-state index in [4.69, 9.17) is 4.74 Å². The van der Waals surface area contributed by atoms with Crippen LogP contribution in [0.3, 0.4) is 0 Å². The molecule has 0 aliphatic heterocycles. The van der Waals surface area contributed by atoms with Crippen molar-refractivity contribution in [2.45, 2.75) is 30.7 Å². The first-order chi connectivity index (χ1) is 13.3. The number of amides is 3. The third-order valence-corrected chi connectivity index (χ3v) is 4.51. The number of hydrogen-bond acceptors (Lipinski definition) is 6. The van der Waals surface area contributed by atoms with E-state index in [0.717, 1.165) is 10.5 Å². The summed E-state index contributed by atoms with van der Waals surface area (Å²) in [5.41, 5.74) is 1.39. The molecule has 8 heteroatoms. The maximum absolute atomic E-state index is 12.4. The molecule has 28 heavy (non-hydrogen) atoms. The summed E-state index contributed by atoms with van der Waals surface area (Å²) in [6.07, 6.45) is 1.58. The Morgan fingerprint density at radius 1 is 1.14 bits per heavy atom. The van der Waals surface area contributed by atoms with Crippen LogP contribution < -0.4 is 10.6 Å². The van der Waals surface area contributed by atoms with E-state index >= 15 is 0 Å². The van der Waals surface area contributed by atoms with E-state index in [1.807, 2.05) is 45.0 Å². The van der Waals surface area contributed by atoms with Gasteiger partial charge in [-0.05, 0) is 37.1 Å². The first-order valence-corrected chi connectivity index (χ1v) is 9.61. The molecule has 2 rings (SSSR count). The molecule has 0 atom stereocenters. The molecule has 0 spiro atoms. The largest absolute Gasteiger partial charge is 0.452 e. The van der Waals surface area contributed by atoms with Gasteiger partial charge in [-0.2, -0.15) is 0 Å². The van der Waals surface area contributed by atoms with Gasteiger partial charge >= 0.3 is 12.0 Å². The summed E-state index contributed by atoms with van der Waals surface area (Å²) >= 11 is 1.33. The highest BCUT2D eigenvalue weighted by molar-refractivity contribution is 7.99. The zero-order chi connectivity index (χ0) is 20.5. The number of urea groups is 1. The Labute approximate surface area is 168 Å². The first-order valence-electron chi connectivity index (χ1n) is 8.79. The third-order valence-electron chi connectivity index (χ3n) is 3.48. The van der Waals surface area contributed by atoms with E-state index in [9.17, 15) is 14.4 Å². The molecule has 1 heterocycles. The maximum Gasteiger partial charge on any atom is 0.341 e. The van der Waals surface area contributed by atoms with Crippen molar-refractivity contribution in [3.05, 3.63) is 53.7 Å². The number of rotatable bonds is 7. The Morgan fingerprint density at radius 2 is 1.86 bits per heavy atom. The second-order valence-electron chi connectivity index (χ2n) is 6.50. The standard InChI is InChI=1S/C20H23N3O4S/c1-13(2)11-22-20(26)23-17(24)12-27-19(25)16-5-4-10-21-18(16)28-15-8-6-14(3)7-9-15/h4-10,13H,11-12H2,1-3H3,(H2,22,23,24,26). The van der Waals surface area contributed by atoms with Crippen LogP contribution in [-0.2, 0) is 9.53 Å².